The van der Waals surface area contributed by atoms with Crippen molar-refractivity contribution in [3.05, 3.63) is 71.8 Å². The van der Waals surface area contributed by atoms with E-state index in [2.05, 4.69) is 0 Å². The van der Waals surface area contributed by atoms with Crippen molar-refractivity contribution in [3.8, 4) is 0 Å². The number of rotatable bonds is 8. The van der Waals surface area contributed by atoms with E-state index < -0.39 is 24.1 Å². The topological polar surface area (TPSA) is 93.1 Å². The number of hydrogen-bond acceptors (Lipinski definition) is 6. The minimum Gasteiger partial charge on any atom is -0.463 e. The number of aliphatic hydroxyl groups is 2. The lowest BCUT2D eigenvalue weighted by Gasteiger charge is -2.28. The Morgan fingerprint density at radius 2 is 1.03 bits per heavy atom. The zero-order chi connectivity index (χ0) is 21.3. The molecule has 1 fully saturated rings. The summed E-state index contributed by atoms with van der Waals surface area (Å²) < 4.78 is 10.6. The van der Waals surface area contributed by atoms with Crippen molar-refractivity contribution in [2.45, 2.75) is 37.9 Å². The lowest BCUT2D eigenvalue weighted by Crippen LogP contribution is -2.26. The zero-order valence-corrected chi connectivity index (χ0v) is 16.9. The Morgan fingerprint density at radius 3 is 1.37 bits per heavy atom. The predicted molar refractivity (Wildman–Crippen MR) is 110 cm³/mol. The van der Waals surface area contributed by atoms with Gasteiger partial charge in [0.05, 0.1) is 13.2 Å². The molecular formula is C24H28O6. The summed E-state index contributed by atoms with van der Waals surface area (Å²) in [4.78, 5) is 24.1. The molecule has 1 saturated carbocycles. The van der Waals surface area contributed by atoms with Gasteiger partial charge >= 0.3 is 11.9 Å². The zero-order valence-electron chi connectivity index (χ0n) is 16.9. The summed E-state index contributed by atoms with van der Waals surface area (Å²) in [6.07, 6.45) is 0.906. The predicted octanol–water partition coefficient (Wildman–Crippen LogP) is 3.35. The largest absolute Gasteiger partial charge is 0.463 e. The highest BCUT2D eigenvalue weighted by Gasteiger charge is 2.26. The molecule has 160 valence electrons. The van der Waals surface area contributed by atoms with E-state index in [4.69, 9.17) is 9.47 Å². The van der Waals surface area contributed by atoms with Gasteiger partial charge in [-0.25, -0.2) is 9.59 Å². The van der Waals surface area contributed by atoms with Crippen LogP contribution in [-0.2, 0) is 19.1 Å². The fourth-order valence-electron chi connectivity index (χ4n) is 3.67. The molecule has 0 spiro atoms. The average molecular weight is 412 g/mol. The number of carbonyl (C=O) groups excluding carboxylic acids is 2. The number of aliphatic hydroxyl groups excluding tert-OH is 2. The van der Waals surface area contributed by atoms with Crippen molar-refractivity contribution in [2.75, 3.05) is 13.2 Å². The molecule has 0 aromatic heterocycles. The second-order valence-corrected chi connectivity index (χ2v) is 7.77. The molecule has 0 saturated heterocycles. The van der Waals surface area contributed by atoms with Gasteiger partial charge in [0.1, 0.15) is 0 Å². The quantitative estimate of drug-likeness (QED) is 0.646. The van der Waals surface area contributed by atoms with E-state index in [0.29, 0.717) is 11.1 Å². The first-order valence-electron chi connectivity index (χ1n) is 10.3. The molecular weight excluding hydrogens is 384 g/mol. The van der Waals surface area contributed by atoms with Crippen molar-refractivity contribution < 1.29 is 29.3 Å². The van der Waals surface area contributed by atoms with Gasteiger partial charge in [-0.1, -0.05) is 60.7 Å². The van der Waals surface area contributed by atoms with Crippen molar-refractivity contribution in [2.24, 2.45) is 11.8 Å². The normalized spacial score (nSPS) is 20.7. The van der Waals surface area contributed by atoms with Gasteiger partial charge in [-0.3, -0.25) is 0 Å². The molecule has 3 rings (SSSR count). The third kappa shape index (κ3) is 6.15. The first-order chi connectivity index (χ1) is 14.5. The highest BCUT2D eigenvalue weighted by molar-refractivity contribution is 5.76. The van der Waals surface area contributed by atoms with Crippen molar-refractivity contribution in [1.29, 1.82) is 0 Å². The Balaban J connectivity index is 1.35. The van der Waals surface area contributed by atoms with E-state index >= 15 is 0 Å². The van der Waals surface area contributed by atoms with Crippen LogP contribution in [0.4, 0.5) is 0 Å². The summed E-state index contributed by atoms with van der Waals surface area (Å²) in [6, 6.07) is 17.4. The first kappa shape index (κ1) is 22.0. The van der Waals surface area contributed by atoms with E-state index in [9.17, 15) is 19.8 Å². The van der Waals surface area contributed by atoms with Crippen molar-refractivity contribution >= 4 is 11.9 Å². The molecule has 0 radical (unpaired) electrons. The molecule has 0 bridgehead atoms. The van der Waals surface area contributed by atoms with Gasteiger partial charge in [0.2, 0.25) is 0 Å². The molecule has 30 heavy (non-hydrogen) atoms. The molecule has 2 atom stereocenters. The van der Waals surface area contributed by atoms with Crippen LogP contribution >= 0.6 is 0 Å². The number of hydrogen-bond donors (Lipinski definition) is 2. The van der Waals surface area contributed by atoms with Crippen LogP contribution in [0.2, 0.25) is 0 Å². The minimum absolute atomic E-state index is 0.235. The van der Waals surface area contributed by atoms with Gasteiger partial charge in [-0.15, -0.1) is 0 Å². The molecule has 0 amide bonds. The first-order valence-corrected chi connectivity index (χ1v) is 10.3. The lowest BCUT2D eigenvalue weighted by molar-refractivity contribution is -0.157. The monoisotopic (exact) mass is 412 g/mol. The van der Waals surface area contributed by atoms with Gasteiger partial charge in [-0.2, -0.15) is 0 Å². The van der Waals surface area contributed by atoms with Crippen LogP contribution in [0, 0.1) is 11.8 Å². The molecule has 2 N–H and O–H groups in total. The van der Waals surface area contributed by atoms with E-state index in [-0.39, 0.29) is 25.0 Å². The Kier molecular flexibility index (Phi) is 7.99. The highest BCUT2D eigenvalue weighted by atomic mass is 16.6. The molecule has 0 aliphatic heterocycles. The van der Waals surface area contributed by atoms with E-state index in [1.165, 1.54) is 0 Å². The summed E-state index contributed by atoms with van der Waals surface area (Å²) in [6.45, 7) is 0.559. The van der Waals surface area contributed by atoms with Crippen LogP contribution in [0.1, 0.15) is 49.0 Å². The lowest BCUT2D eigenvalue weighted by atomic mass is 9.83. The molecule has 6 nitrogen and oxygen atoms in total. The number of benzene rings is 2. The summed E-state index contributed by atoms with van der Waals surface area (Å²) in [5, 5.41) is 20.1. The summed E-state index contributed by atoms with van der Waals surface area (Å²) >= 11 is 0. The Labute approximate surface area is 176 Å². The van der Waals surface area contributed by atoms with Crippen LogP contribution in [0.15, 0.2) is 60.7 Å². The molecule has 2 aromatic rings. The summed E-state index contributed by atoms with van der Waals surface area (Å²) in [7, 11) is 0. The van der Waals surface area contributed by atoms with E-state index in [0.717, 1.165) is 25.7 Å². The van der Waals surface area contributed by atoms with Crippen molar-refractivity contribution in [3.63, 3.8) is 0 Å². The van der Waals surface area contributed by atoms with Crippen LogP contribution in [0.25, 0.3) is 0 Å². The maximum Gasteiger partial charge on any atom is 0.339 e. The number of carbonyl (C=O) groups is 2. The maximum absolute atomic E-state index is 12.1. The highest BCUT2D eigenvalue weighted by Crippen LogP contribution is 2.30. The second-order valence-electron chi connectivity index (χ2n) is 7.77. The molecule has 1 aliphatic carbocycles. The molecule has 2 unspecified atom stereocenters. The molecule has 0 heterocycles. The van der Waals surface area contributed by atoms with Gasteiger partial charge < -0.3 is 19.7 Å². The van der Waals surface area contributed by atoms with E-state index in [1.807, 2.05) is 12.1 Å². The maximum atomic E-state index is 12.1. The average Bonchev–Trinajstić information content (AvgIpc) is 2.81. The molecule has 2 aromatic carbocycles. The minimum atomic E-state index is -1.27. The Hall–Kier alpha value is -2.70. The van der Waals surface area contributed by atoms with Crippen LogP contribution in [0.5, 0.6) is 0 Å². The molecule has 1 aliphatic rings. The SMILES string of the molecule is O=C(OCC1CCC(COC(=O)C(O)c2ccccc2)CC1)C(O)c1ccccc1. The third-order valence-corrected chi connectivity index (χ3v) is 5.57. The number of ether oxygens (including phenoxy) is 2. The second kappa shape index (κ2) is 10.9. The van der Waals surface area contributed by atoms with Crippen LogP contribution in [0.3, 0.4) is 0 Å². The smallest absolute Gasteiger partial charge is 0.339 e. The standard InChI is InChI=1S/C24H28O6/c25-21(19-7-3-1-4-8-19)23(27)29-15-17-11-13-18(14-12-17)16-30-24(28)22(26)20-9-5-2-6-10-20/h1-10,17-18,21-22,25-26H,11-16H2. The molecule has 6 heteroatoms. The third-order valence-electron chi connectivity index (χ3n) is 5.57. The fraction of sp³-hybridized carbons (Fsp3) is 0.417. The van der Waals surface area contributed by atoms with Crippen molar-refractivity contribution in [1.82, 2.24) is 0 Å². The van der Waals surface area contributed by atoms with Gasteiger partial charge in [0, 0.05) is 0 Å². The Morgan fingerprint density at radius 1 is 0.700 bits per heavy atom. The summed E-state index contributed by atoms with van der Waals surface area (Å²) in [5.74, 6) is -0.795. The fourth-order valence-corrected chi connectivity index (χ4v) is 3.67. The van der Waals surface area contributed by atoms with Crippen LogP contribution in [-0.4, -0.2) is 35.4 Å². The van der Waals surface area contributed by atoms with Gasteiger partial charge in [0.25, 0.3) is 0 Å². The van der Waals surface area contributed by atoms with E-state index in [1.54, 1.807) is 48.5 Å². The van der Waals surface area contributed by atoms with Gasteiger partial charge in [-0.05, 0) is 48.6 Å². The van der Waals surface area contributed by atoms with Gasteiger partial charge in [0.15, 0.2) is 12.2 Å². The Bertz CT molecular complexity index is 729. The summed E-state index contributed by atoms with van der Waals surface area (Å²) in [5.41, 5.74) is 1.04. The van der Waals surface area contributed by atoms with Crippen LogP contribution < -0.4 is 0 Å². The number of esters is 2.